The molecule has 0 unspecified atom stereocenters. The summed E-state index contributed by atoms with van der Waals surface area (Å²) in [4.78, 5) is 55.5. The highest BCUT2D eigenvalue weighted by Crippen LogP contribution is 2.40. The van der Waals surface area contributed by atoms with Gasteiger partial charge in [-0.25, -0.2) is 0 Å². The van der Waals surface area contributed by atoms with Crippen LogP contribution in [-0.4, -0.2) is 58.2 Å². The fourth-order valence-electron chi connectivity index (χ4n) is 4.81. The Morgan fingerprint density at radius 1 is 0.833 bits per heavy atom. The molecule has 9 heteroatoms. The first-order valence-electron chi connectivity index (χ1n) is 10.0. The molecule has 30 heavy (non-hydrogen) atoms. The van der Waals surface area contributed by atoms with Gasteiger partial charge < -0.3 is 0 Å². The third-order valence-electron chi connectivity index (χ3n) is 6.39. The first-order valence-corrected chi connectivity index (χ1v) is 10.8. The smallest absolute Gasteiger partial charge is 0.234 e. The average molecular weight is 452 g/mol. The summed E-state index contributed by atoms with van der Waals surface area (Å²) in [5.41, 5.74) is 0. The highest BCUT2D eigenvalue weighted by atomic mass is 35.5. The molecule has 7 nitrogen and oxygen atoms in total. The van der Waals surface area contributed by atoms with Crippen LogP contribution in [0.4, 0.5) is 0 Å². The normalized spacial score (nSPS) is 31.2. The number of rotatable bonds is 6. The average Bonchev–Trinajstić information content (AvgIpc) is 3.08. The first kappa shape index (κ1) is 21.3. The van der Waals surface area contributed by atoms with Crippen LogP contribution < -0.4 is 0 Å². The molecule has 0 saturated carbocycles. The fraction of sp³-hybridized carbons (Fsp3) is 0.524. The minimum absolute atomic E-state index is 0.000292. The van der Waals surface area contributed by atoms with Crippen LogP contribution in [0, 0.1) is 23.7 Å². The number of hydrogen-bond acceptors (Lipinski definition) is 5. The number of carbonyl (C=O) groups excluding carboxylic acids is 4. The Bertz CT molecular complexity index is 817. The monoisotopic (exact) mass is 451 g/mol. The van der Waals surface area contributed by atoms with E-state index in [4.69, 9.17) is 23.2 Å². The number of nitrogens with zero attached hydrogens (tertiary/aromatic N) is 3. The minimum Gasteiger partial charge on any atom is -0.274 e. The van der Waals surface area contributed by atoms with E-state index in [1.54, 1.807) is 23.1 Å². The van der Waals surface area contributed by atoms with Crippen molar-refractivity contribution in [1.29, 1.82) is 0 Å². The molecule has 0 aromatic rings. The molecule has 4 atom stereocenters. The molecular formula is C21H23Cl2N3O4. The summed E-state index contributed by atoms with van der Waals surface area (Å²) < 4.78 is 0. The van der Waals surface area contributed by atoms with Crippen LogP contribution >= 0.6 is 23.2 Å². The summed E-state index contributed by atoms with van der Waals surface area (Å²) in [6, 6.07) is 0. The molecule has 2 aliphatic heterocycles. The molecule has 0 bridgehead atoms. The predicted molar refractivity (Wildman–Crippen MR) is 111 cm³/mol. The van der Waals surface area contributed by atoms with E-state index in [0.717, 1.165) is 0 Å². The molecular weight excluding hydrogens is 429 g/mol. The van der Waals surface area contributed by atoms with E-state index in [1.165, 1.54) is 9.80 Å². The van der Waals surface area contributed by atoms with Crippen molar-refractivity contribution in [1.82, 2.24) is 14.7 Å². The molecule has 4 amide bonds. The lowest BCUT2D eigenvalue weighted by atomic mass is 9.85. The minimum atomic E-state index is -0.438. The van der Waals surface area contributed by atoms with Gasteiger partial charge in [0.05, 0.1) is 37.0 Å². The molecule has 0 aromatic carbocycles. The number of carbonyl (C=O) groups is 4. The van der Waals surface area contributed by atoms with E-state index in [-0.39, 0.29) is 37.0 Å². The Kier molecular flexibility index (Phi) is 5.88. The zero-order chi connectivity index (χ0) is 21.6. The summed E-state index contributed by atoms with van der Waals surface area (Å²) in [6.07, 6.45) is 6.85. The summed E-state index contributed by atoms with van der Waals surface area (Å²) in [5.74, 6) is -2.64. The van der Waals surface area contributed by atoms with Gasteiger partial charge in [0.25, 0.3) is 0 Å². The van der Waals surface area contributed by atoms with Crippen molar-refractivity contribution in [3.8, 4) is 0 Å². The van der Waals surface area contributed by atoms with Gasteiger partial charge in [-0.3, -0.25) is 33.9 Å². The van der Waals surface area contributed by atoms with Crippen LogP contribution in [0.1, 0.15) is 25.7 Å². The Morgan fingerprint density at radius 2 is 1.23 bits per heavy atom. The highest BCUT2D eigenvalue weighted by molar-refractivity contribution is 6.30. The zero-order valence-corrected chi connectivity index (χ0v) is 17.9. The number of imide groups is 2. The maximum absolute atomic E-state index is 12.8. The lowest BCUT2D eigenvalue weighted by molar-refractivity contribution is -0.145. The Balaban J connectivity index is 1.47. The zero-order valence-electron chi connectivity index (χ0n) is 16.4. The van der Waals surface area contributed by atoms with Crippen molar-refractivity contribution in [3.63, 3.8) is 0 Å². The van der Waals surface area contributed by atoms with E-state index in [0.29, 0.717) is 42.3 Å². The van der Waals surface area contributed by atoms with Gasteiger partial charge in [0, 0.05) is 16.6 Å². The molecule has 2 heterocycles. The topological polar surface area (TPSA) is 78.0 Å². The Morgan fingerprint density at radius 3 is 1.63 bits per heavy atom. The second-order valence-electron chi connectivity index (χ2n) is 8.24. The third kappa shape index (κ3) is 3.63. The van der Waals surface area contributed by atoms with Crippen molar-refractivity contribution in [3.05, 3.63) is 34.9 Å². The van der Waals surface area contributed by atoms with Gasteiger partial charge in [-0.05, 0) is 25.7 Å². The van der Waals surface area contributed by atoms with Gasteiger partial charge in [-0.2, -0.15) is 0 Å². The number of halogens is 2. The van der Waals surface area contributed by atoms with Crippen molar-refractivity contribution in [2.45, 2.75) is 25.7 Å². The Labute approximate surface area is 184 Å². The van der Waals surface area contributed by atoms with E-state index in [2.05, 4.69) is 6.58 Å². The number of amides is 4. The molecule has 2 fully saturated rings. The molecule has 0 aromatic heterocycles. The number of likely N-dealkylation sites (tertiary alicyclic amines) is 2. The van der Waals surface area contributed by atoms with Gasteiger partial charge in [0.1, 0.15) is 0 Å². The van der Waals surface area contributed by atoms with Gasteiger partial charge >= 0.3 is 0 Å². The quantitative estimate of drug-likeness (QED) is 0.457. The van der Waals surface area contributed by atoms with E-state index in [9.17, 15) is 19.2 Å². The van der Waals surface area contributed by atoms with Crippen LogP contribution in [0.5, 0.6) is 0 Å². The standard InChI is InChI=1S/C21H23Cl2N3O4/c1-2-7-24(10-25-18(27)14-5-3-12(22)8-16(14)20(25)29)11-26-19(28)15-6-4-13(23)9-17(15)21(26)30/h2-4,14-17H,1,5-11H2/t14-,15-,16+,17+/m0/s1. The number of hydrogen-bond donors (Lipinski definition) is 0. The fourth-order valence-corrected chi connectivity index (χ4v) is 5.32. The van der Waals surface area contributed by atoms with Crippen molar-refractivity contribution in [2.75, 3.05) is 19.9 Å². The van der Waals surface area contributed by atoms with Gasteiger partial charge in [0.15, 0.2) is 0 Å². The van der Waals surface area contributed by atoms with E-state index < -0.39 is 23.7 Å². The van der Waals surface area contributed by atoms with Crippen molar-refractivity contribution in [2.24, 2.45) is 23.7 Å². The second kappa shape index (κ2) is 8.29. The number of allylic oxidation sites excluding steroid dienone is 4. The van der Waals surface area contributed by atoms with Crippen molar-refractivity contribution >= 4 is 46.8 Å². The molecule has 4 aliphatic rings. The lowest BCUT2D eigenvalue weighted by Crippen LogP contribution is -2.48. The maximum Gasteiger partial charge on any atom is 0.234 e. The number of fused-ring (bicyclic) bond motifs is 2. The first-order chi connectivity index (χ1) is 14.3. The van der Waals surface area contributed by atoms with Crippen LogP contribution in [0.15, 0.2) is 34.9 Å². The van der Waals surface area contributed by atoms with Crippen molar-refractivity contribution < 1.29 is 19.2 Å². The second-order valence-corrected chi connectivity index (χ2v) is 9.21. The summed E-state index contributed by atoms with van der Waals surface area (Å²) in [5, 5.41) is 1.20. The van der Waals surface area contributed by atoms with Gasteiger partial charge in [-0.1, -0.05) is 41.4 Å². The summed E-state index contributed by atoms with van der Waals surface area (Å²) >= 11 is 12.2. The van der Waals surface area contributed by atoms with Crippen LogP contribution in [0.2, 0.25) is 0 Å². The predicted octanol–water partition coefficient (Wildman–Crippen LogP) is 2.42. The van der Waals surface area contributed by atoms with Crippen LogP contribution in [0.3, 0.4) is 0 Å². The summed E-state index contributed by atoms with van der Waals surface area (Å²) in [6.45, 7) is 4.04. The molecule has 2 saturated heterocycles. The molecule has 0 radical (unpaired) electrons. The lowest BCUT2D eigenvalue weighted by Gasteiger charge is -2.29. The van der Waals surface area contributed by atoms with E-state index >= 15 is 0 Å². The molecule has 0 N–H and O–H groups in total. The summed E-state index contributed by atoms with van der Waals surface area (Å²) in [7, 11) is 0. The van der Waals surface area contributed by atoms with Gasteiger partial charge in [-0.15, -0.1) is 6.58 Å². The maximum atomic E-state index is 12.8. The molecule has 160 valence electrons. The van der Waals surface area contributed by atoms with Crippen LogP contribution in [0.25, 0.3) is 0 Å². The highest BCUT2D eigenvalue weighted by Gasteiger charge is 2.50. The molecule has 4 rings (SSSR count). The van der Waals surface area contributed by atoms with Crippen LogP contribution in [-0.2, 0) is 19.2 Å². The SMILES string of the molecule is C=CCN(CN1C(=O)[C@H]2CC=C(Cl)C[C@H]2C1=O)CN1C(=O)[C@H]2CC=C(Cl)C[C@H]2C1=O. The van der Waals surface area contributed by atoms with Gasteiger partial charge in [0.2, 0.25) is 23.6 Å². The molecule has 0 spiro atoms. The third-order valence-corrected chi connectivity index (χ3v) is 7.01. The van der Waals surface area contributed by atoms with E-state index in [1.807, 2.05) is 0 Å². The largest absolute Gasteiger partial charge is 0.274 e. The molecule has 2 aliphatic carbocycles. The Hall–Kier alpha value is -1.96.